The lowest BCUT2D eigenvalue weighted by Gasteiger charge is -2.17. The summed E-state index contributed by atoms with van der Waals surface area (Å²) < 4.78 is 0. The second-order valence-corrected chi connectivity index (χ2v) is 6.87. The molecule has 0 saturated carbocycles. The molecule has 0 unspecified atom stereocenters. The first-order chi connectivity index (χ1) is 9.46. The molecule has 0 aromatic heterocycles. The van der Waals surface area contributed by atoms with Crippen molar-refractivity contribution in [1.29, 1.82) is 0 Å². The van der Waals surface area contributed by atoms with Crippen molar-refractivity contribution in [2.45, 2.75) is 34.1 Å². The van der Waals surface area contributed by atoms with Crippen LogP contribution in [0.2, 0.25) is 0 Å². The second kappa shape index (κ2) is 4.63. The lowest BCUT2D eigenvalue weighted by atomic mass is 9.88. The molecule has 0 bridgehead atoms. The number of fused-ring (bicyclic) bond motifs is 3. The molecule has 1 aliphatic carbocycles. The third kappa shape index (κ3) is 2.31. The monoisotopic (exact) mass is 262 g/mol. The van der Waals surface area contributed by atoms with Crippen molar-refractivity contribution in [2.24, 2.45) is 5.41 Å². The quantitative estimate of drug-likeness (QED) is 0.527. The fraction of sp³-hybridized carbons (Fsp3) is 0.300. The van der Waals surface area contributed by atoms with E-state index in [4.69, 9.17) is 0 Å². The molecule has 2 aromatic rings. The van der Waals surface area contributed by atoms with Crippen molar-refractivity contribution >= 4 is 5.57 Å². The van der Waals surface area contributed by atoms with Crippen LogP contribution in [-0.2, 0) is 6.42 Å². The van der Waals surface area contributed by atoms with E-state index in [0.29, 0.717) is 0 Å². The Morgan fingerprint density at radius 2 is 1.65 bits per heavy atom. The van der Waals surface area contributed by atoms with Crippen LogP contribution in [0.4, 0.5) is 0 Å². The molecule has 102 valence electrons. The zero-order valence-electron chi connectivity index (χ0n) is 12.8. The van der Waals surface area contributed by atoms with Crippen molar-refractivity contribution in [1.82, 2.24) is 0 Å². The van der Waals surface area contributed by atoms with Crippen molar-refractivity contribution in [3.05, 3.63) is 65.2 Å². The molecule has 0 nitrogen and oxygen atoms in total. The molecule has 20 heavy (non-hydrogen) atoms. The van der Waals surface area contributed by atoms with Crippen molar-refractivity contribution in [3.63, 3.8) is 0 Å². The fourth-order valence-corrected chi connectivity index (χ4v) is 3.24. The molecule has 1 aliphatic rings. The molecule has 0 spiro atoms. The summed E-state index contributed by atoms with van der Waals surface area (Å²) >= 11 is 0. The first kappa shape index (κ1) is 13.2. The molecule has 0 N–H and O–H groups in total. The molecule has 0 heteroatoms. The van der Waals surface area contributed by atoms with E-state index in [1.165, 1.54) is 33.4 Å². The molecular formula is C20H22. The van der Waals surface area contributed by atoms with Crippen LogP contribution in [0.15, 0.2) is 48.5 Å². The van der Waals surface area contributed by atoms with Crippen LogP contribution in [0.1, 0.15) is 44.4 Å². The molecule has 0 heterocycles. The minimum atomic E-state index is 0.213. The summed E-state index contributed by atoms with van der Waals surface area (Å²) in [6, 6.07) is 15.5. The normalized spacial score (nSPS) is 14.1. The smallest absolute Gasteiger partial charge is 0.00132 e. The summed E-state index contributed by atoms with van der Waals surface area (Å²) in [6.45, 7) is 9.01. The molecule has 0 fully saturated rings. The van der Waals surface area contributed by atoms with Gasteiger partial charge in [0, 0.05) is 0 Å². The number of allylic oxidation sites excluding steroid dienone is 2. The van der Waals surface area contributed by atoms with Crippen molar-refractivity contribution in [3.8, 4) is 11.1 Å². The van der Waals surface area contributed by atoms with E-state index in [0.717, 1.165) is 6.42 Å². The highest BCUT2D eigenvalue weighted by molar-refractivity contribution is 5.87. The number of benzene rings is 2. The van der Waals surface area contributed by atoms with Gasteiger partial charge in [0.2, 0.25) is 0 Å². The summed E-state index contributed by atoms with van der Waals surface area (Å²) in [5.41, 5.74) is 8.77. The van der Waals surface area contributed by atoms with E-state index >= 15 is 0 Å². The molecule has 2 aromatic carbocycles. The van der Waals surface area contributed by atoms with Crippen LogP contribution < -0.4 is 0 Å². The average Bonchev–Trinajstić information content (AvgIpc) is 2.74. The highest BCUT2D eigenvalue weighted by Crippen LogP contribution is 2.41. The summed E-state index contributed by atoms with van der Waals surface area (Å²) in [7, 11) is 0. The zero-order valence-corrected chi connectivity index (χ0v) is 12.8. The summed E-state index contributed by atoms with van der Waals surface area (Å²) in [5.74, 6) is 0. The van der Waals surface area contributed by atoms with Gasteiger partial charge in [-0.15, -0.1) is 0 Å². The lowest BCUT2D eigenvalue weighted by molar-refractivity contribution is 0.545. The molecule has 0 aliphatic heterocycles. The van der Waals surface area contributed by atoms with Gasteiger partial charge in [-0.2, -0.15) is 0 Å². The van der Waals surface area contributed by atoms with Crippen molar-refractivity contribution in [2.75, 3.05) is 0 Å². The largest absolute Gasteiger partial charge is 0.0756 e. The standard InChI is InChI=1S/C20H22/c1-14(13-20(2,3)4)17-11-7-9-16-12-15-8-5-6-10-18(15)19(16)17/h5-11,13H,12H2,1-4H3/b14-13+. The van der Waals surface area contributed by atoms with E-state index in [9.17, 15) is 0 Å². The minimum absolute atomic E-state index is 0.213. The van der Waals surface area contributed by atoms with Gasteiger partial charge < -0.3 is 0 Å². The maximum Gasteiger partial charge on any atom is -0.00132 e. The van der Waals surface area contributed by atoms with Crippen LogP contribution >= 0.6 is 0 Å². The summed E-state index contributed by atoms with van der Waals surface area (Å²) in [4.78, 5) is 0. The predicted octanol–water partition coefficient (Wildman–Crippen LogP) is 5.71. The molecule has 0 radical (unpaired) electrons. The summed E-state index contributed by atoms with van der Waals surface area (Å²) in [5, 5.41) is 0. The highest BCUT2D eigenvalue weighted by atomic mass is 14.2. The Balaban J connectivity index is 2.19. The van der Waals surface area contributed by atoms with Gasteiger partial charge in [-0.1, -0.05) is 69.3 Å². The first-order valence-corrected chi connectivity index (χ1v) is 7.36. The van der Waals surface area contributed by atoms with Crippen LogP contribution in [0.25, 0.3) is 16.7 Å². The van der Waals surface area contributed by atoms with Crippen LogP contribution in [-0.4, -0.2) is 0 Å². The van der Waals surface area contributed by atoms with Gasteiger partial charge in [0.15, 0.2) is 0 Å². The van der Waals surface area contributed by atoms with Gasteiger partial charge in [-0.25, -0.2) is 0 Å². The molecule has 0 saturated heterocycles. The van der Waals surface area contributed by atoms with Gasteiger partial charge in [0.1, 0.15) is 0 Å². The van der Waals surface area contributed by atoms with Crippen LogP contribution in [0, 0.1) is 5.41 Å². The van der Waals surface area contributed by atoms with Gasteiger partial charge in [-0.3, -0.25) is 0 Å². The Morgan fingerprint density at radius 1 is 0.950 bits per heavy atom. The Bertz CT molecular complexity index is 681. The van der Waals surface area contributed by atoms with E-state index in [-0.39, 0.29) is 5.41 Å². The molecule has 3 rings (SSSR count). The van der Waals surface area contributed by atoms with E-state index < -0.39 is 0 Å². The van der Waals surface area contributed by atoms with E-state index in [2.05, 4.69) is 76.2 Å². The second-order valence-electron chi connectivity index (χ2n) is 6.87. The molecule has 0 atom stereocenters. The summed E-state index contributed by atoms with van der Waals surface area (Å²) in [6.07, 6.45) is 3.45. The van der Waals surface area contributed by atoms with Crippen LogP contribution in [0.5, 0.6) is 0 Å². The fourth-order valence-electron chi connectivity index (χ4n) is 3.24. The number of hydrogen-bond donors (Lipinski definition) is 0. The third-order valence-corrected chi connectivity index (χ3v) is 3.89. The maximum atomic E-state index is 2.38. The predicted molar refractivity (Wildman–Crippen MR) is 87.8 cm³/mol. The SMILES string of the molecule is C/C(=C\C(C)(C)C)c1cccc2c1-c1ccccc1C2. The van der Waals surface area contributed by atoms with E-state index in [1.54, 1.807) is 0 Å². The Kier molecular flexibility index (Phi) is 3.05. The third-order valence-electron chi connectivity index (χ3n) is 3.89. The lowest BCUT2D eigenvalue weighted by Crippen LogP contribution is -2.01. The Hall–Kier alpha value is -1.82. The van der Waals surface area contributed by atoms with Gasteiger partial charge in [0.05, 0.1) is 0 Å². The molecule has 0 amide bonds. The van der Waals surface area contributed by atoms with Crippen molar-refractivity contribution < 1.29 is 0 Å². The zero-order chi connectivity index (χ0) is 14.3. The van der Waals surface area contributed by atoms with Crippen LogP contribution in [0.3, 0.4) is 0 Å². The highest BCUT2D eigenvalue weighted by Gasteiger charge is 2.21. The van der Waals surface area contributed by atoms with Gasteiger partial charge in [-0.05, 0) is 52.1 Å². The number of rotatable bonds is 1. The first-order valence-electron chi connectivity index (χ1n) is 7.36. The van der Waals surface area contributed by atoms with E-state index in [1.807, 2.05) is 0 Å². The molecular weight excluding hydrogens is 240 g/mol. The maximum absolute atomic E-state index is 2.38. The minimum Gasteiger partial charge on any atom is -0.0756 e. The van der Waals surface area contributed by atoms with Gasteiger partial charge in [0.25, 0.3) is 0 Å². The van der Waals surface area contributed by atoms with Gasteiger partial charge >= 0.3 is 0 Å². The topological polar surface area (TPSA) is 0 Å². The Morgan fingerprint density at radius 3 is 2.40 bits per heavy atom. The number of hydrogen-bond acceptors (Lipinski definition) is 0. The average molecular weight is 262 g/mol. The Labute approximate surface area is 122 Å².